The van der Waals surface area contributed by atoms with E-state index in [9.17, 15) is 0 Å². The maximum absolute atomic E-state index is 3.66. The van der Waals surface area contributed by atoms with E-state index >= 15 is 0 Å². The average molecular weight is 280 g/mol. The number of hydrogen-bond donors (Lipinski definition) is 1. The predicted molar refractivity (Wildman–Crippen MR) is 88.0 cm³/mol. The van der Waals surface area contributed by atoms with Crippen LogP contribution in [0, 0.1) is 23.2 Å². The molecular weight excluding hydrogens is 244 g/mol. The SMILES string of the molecule is CCNCC1(CN2CCC(C(C)C)C2)CCCC(C)C1. The second-order valence-corrected chi connectivity index (χ2v) is 8.01. The summed E-state index contributed by atoms with van der Waals surface area (Å²) in [7, 11) is 0. The third kappa shape index (κ3) is 4.21. The van der Waals surface area contributed by atoms with Crippen LogP contribution in [0.2, 0.25) is 0 Å². The highest BCUT2D eigenvalue weighted by Crippen LogP contribution is 2.40. The Labute approximate surface area is 126 Å². The molecule has 1 N–H and O–H groups in total. The average Bonchev–Trinajstić information content (AvgIpc) is 2.85. The van der Waals surface area contributed by atoms with Crippen molar-refractivity contribution in [1.29, 1.82) is 0 Å². The van der Waals surface area contributed by atoms with Crippen LogP contribution in [-0.4, -0.2) is 37.6 Å². The standard InChI is InChI=1S/C18H36N2/c1-5-19-13-18(9-6-7-16(4)11-18)14-20-10-8-17(12-20)15(2)3/h15-17,19H,5-14H2,1-4H3. The summed E-state index contributed by atoms with van der Waals surface area (Å²) in [6.45, 7) is 15.9. The van der Waals surface area contributed by atoms with Gasteiger partial charge in [-0.15, -0.1) is 0 Å². The van der Waals surface area contributed by atoms with Crippen LogP contribution in [-0.2, 0) is 0 Å². The molecule has 1 saturated carbocycles. The van der Waals surface area contributed by atoms with E-state index in [1.165, 1.54) is 58.3 Å². The van der Waals surface area contributed by atoms with Gasteiger partial charge >= 0.3 is 0 Å². The molecule has 3 atom stereocenters. The fraction of sp³-hybridized carbons (Fsp3) is 1.00. The highest BCUT2D eigenvalue weighted by atomic mass is 15.2. The minimum Gasteiger partial charge on any atom is -0.316 e. The topological polar surface area (TPSA) is 15.3 Å². The highest BCUT2D eigenvalue weighted by Gasteiger charge is 2.38. The van der Waals surface area contributed by atoms with Crippen molar-refractivity contribution in [1.82, 2.24) is 10.2 Å². The summed E-state index contributed by atoms with van der Waals surface area (Å²) in [6, 6.07) is 0. The summed E-state index contributed by atoms with van der Waals surface area (Å²) in [5.41, 5.74) is 0.555. The first-order chi connectivity index (χ1) is 9.54. The van der Waals surface area contributed by atoms with Gasteiger partial charge in [0.25, 0.3) is 0 Å². The van der Waals surface area contributed by atoms with Crippen molar-refractivity contribution in [2.75, 3.05) is 32.7 Å². The van der Waals surface area contributed by atoms with Gasteiger partial charge in [0.05, 0.1) is 0 Å². The Kier molecular flexibility index (Phi) is 5.92. The fourth-order valence-electron chi connectivity index (χ4n) is 4.54. The number of nitrogens with one attached hydrogen (secondary N) is 1. The molecule has 0 amide bonds. The minimum atomic E-state index is 0.555. The van der Waals surface area contributed by atoms with Gasteiger partial charge < -0.3 is 10.2 Å². The first-order valence-corrected chi connectivity index (χ1v) is 8.98. The summed E-state index contributed by atoms with van der Waals surface area (Å²) in [4.78, 5) is 2.78. The molecule has 0 radical (unpaired) electrons. The Morgan fingerprint density at radius 2 is 2.10 bits per heavy atom. The summed E-state index contributed by atoms with van der Waals surface area (Å²) in [6.07, 6.45) is 7.18. The van der Waals surface area contributed by atoms with E-state index in [1.54, 1.807) is 0 Å². The smallest absolute Gasteiger partial charge is 0.00504 e. The molecule has 2 rings (SSSR count). The van der Waals surface area contributed by atoms with Crippen molar-refractivity contribution in [3.63, 3.8) is 0 Å². The van der Waals surface area contributed by atoms with Gasteiger partial charge in [0.1, 0.15) is 0 Å². The van der Waals surface area contributed by atoms with Crippen LogP contribution < -0.4 is 5.32 Å². The molecule has 2 fully saturated rings. The normalized spacial score (nSPS) is 35.9. The van der Waals surface area contributed by atoms with Crippen molar-refractivity contribution in [2.45, 2.75) is 59.8 Å². The predicted octanol–water partition coefficient (Wildman–Crippen LogP) is 3.77. The Morgan fingerprint density at radius 3 is 2.70 bits per heavy atom. The van der Waals surface area contributed by atoms with Crippen LogP contribution >= 0.6 is 0 Å². The molecule has 1 aliphatic heterocycles. The second-order valence-electron chi connectivity index (χ2n) is 8.01. The first-order valence-electron chi connectivity index (χ1n) is 8.98. The van der Waals surface area contributed by atoms with Crippen molar-refractivity contribution in [3.8, 4) is 0 Å². The molecule has 0 spiro atoms. The van der Waals surface area contributed by atoms with Crippen molar-refractivity contribution in [3.05, 3.63) is 0 Å². The van der Waals surface area contributed by atoms with Crippen molar-refractivity contribution in [2.24, 2.45) is 23.2 Å². The molecule has 0 aromatic rings. The molecule has 2 aliphatic rings. The van der Waals surface area contributed by atoms with Crippen LogP contribution in [0.15, 0.2) is 0 Å². The zero-order chi connectivity index (χ0) is 14.6. The van der Waals surface area contributed by atoms with Crippen LogP contribution in [0.25, 0.3) is 0 Å². The summed E-state index contributed by atoms with van der Waals surface area (Å²) in [5, 5.41) is 3.66. The lowest BCUT2D eigenvalue weighted by Crippen LogP contribution is -2.46. The van der Waals surface area contributed by atoms with Crippen molar-refractivity contribution >= 4 is 0 Å². The summed E-state index contributed by atoms with van der Waals surface area (Å²) >= 11 is 0. The number of nitrogens with zero attached hydrogens (tertiary/aromatic N) is 1. The number of rotatable bonds is 6. The zero-order valence-electron chi connectivity index (χ0n) is 14.3. The van der Waals surface area contributed by atoms with Crippen LogP contribution in [0.5, 0.6) is 0 Å². The lowest BCUT2D eigenvalue weighted by Gasteiger charge is -2.43. The first kappa shape index (κ1) is 16.3. The van der Waals surface area contributed by atoms with E-state index in [-0.39, 0.29) is 0 Å². The molecule has 3 unspecified atom stereocenters. The van der Waals surface area contributed by atoms with Gasteiger partial charge in [-0.3, -0.25) is 0 Å². The van der Waals surface area contributed by atoms with E-state index in [1.807, 2.05) is 0 Å². The van der Waals surface area contributed by atoms with Crippen LogP contribution in [0.3, 0.4) is 0 Å². The van der Waals surface area contributed by atoms with Gasteiger partial charge in [0, 0.05) is 19.6 Å². The van der Waals surface area contributed by atoms with E-state index in [2.05, 4.69) is 37.9 Å². The fourth-order valence-corrected chi connectivity index (χ4v) is 4.54. The second kappa shape index (κ2) is 7.26. The summed E-state index contributed by atoms with van der Waals surface area (Å²) in [5.74, 6) is 2.72. The van der Waals surface area contributed by atoms with E-state index in [0.29, 0.717) is 5.41 Å². The molecule has 1 heterocycles. The summed E-state index contributed by atoms with van der Waals surface area (Å²) < 4.78 is 0. The third-order valence-electron chi connectivity index (χ3n) is 5.75. The Hall–Kier alpha value is -0.0800. The zero-order valence-corrected chi connectivity index (χ0v) is 14.3. The third-order valence-corrected chi connectivity index (χ3v) is 5.75. The number of hydrogen-bond acceptors (Lipinski definition) is 2. The van der Waals surface area contributed by atoms with E-state index < -0.39 is 0 Å². The van der Waals surface area contributed by atoms with Crippen LogP contribution in [0.1, 0.15) is 59.8 Å². The molecule has 0 bridgehead atoms. The minimum absolute atomic E-state index is 0.555. The monoisotopic (exact) mass is 280 g/mol. The van der Waals surface area contributed by atoms with Crippen molar-refractivity contribution < 1.29 is 0 Å². The molecule has 0 aromatic carbocycles. The molecular formula is C18H36N2. The van der Waals surface area contributed by atoms with Gasteiger partial charge in [0.2, 0.25) is 0 Å². The molecule has 118 valence electrons. The Bertz CT molecular complexity index is 289. The lowest BCUT2D eigenvalue weighted by molar-refractivity contribution is 0.0889. The molecule has 20 heavy (non-hydrogen) atoms. The van der Waals surface area contributed by atoms with Crippen LogP contribution in [0.4, 0.5) is 0 Å². The number of likely N-dealkylation sites (tertiary alicyclic amines) is 1. The Morgan fingerprint density at radius 1 is 1.30 bits per heavy atom. The highest BCUT2D eigenvalue weighted by molar-refractivity contribution is 4.92. The molecule has 0 aromatic heterocycles. The molecule has 1 aliphatic carbocycles. The maximum atomic E-state index is 3.66. The van der Waals surface area contributed by atoms with Gasteiger partial charge in [-0.2, -0.15) is 0 Å². The van der Waals surface area contributed by atoms with Gasteiger partial charge in [-0.25, -0.2) is 0 Å². The molecule has 1 saturated heterocycles. The maximum Gasteiger partial charge on any atom is 0.00504 e. The molecule has 2 nitrogen and oxygen atoms in total. The lowest BCUT2D eigenvalue weighted by atomic mass is 9.69. The van der Waals surface area contributed by atoms with Gasteiger partial charge in [0.15, 0.2) is 0 Å². The molecule has 2 heteroatoms. The van der Waals surface area contributed by atoms with Gasteiger partial charge in [-0.05, 0) is 55.5 Å². The van der Waals surface area contributed by atoms with E-state index in [4.69, 9.17) is 0 Å². The van der Waals surface area contributed by atoms with E-state index in [0.717, 1.165) is 24.3 Å². The quantitative estimate of drug-likeness (QED) is 0.797. The largest absolute Gasteiger partial charge is 0.316 e. The van der Waals surface area contributed by atoms with Gasteiger partial charge in [-0.1, -0.05) is 40.5 Å². The Balaban J connectivity index is 1.94.